The van der Waals surface area contributed by atoms with Gasteiger partial charge in [-0.1, -0.05) is 17.7 Å². The lowest BCUT2D eigenvalue weighted by Crippen LogP contribution is -2.07. The van der Waals surface area contributed by atoms with E-state index in [9.17, 15) is 22.4 Å². The van der Waals surface area contributed by atoms with Gasteiger partial charge in [0.15, 0.2) is 0 Å². The average molecular weight is 363 g/mol. The molecule has 0 aliphatic rings. The second-order valence-electron chi connectivity index (χ2n) is 4.74. The smallest absolute Gasteiger partial charge is 0.416 e. The first-order valence-corrected chi connectivity index (χ1v) is 6.96. The minimum atomic E-state index is -4.51. The zero-order valence-electron chi connectivity index (χ0n) is 12.3. The van der Waals surface area contributed by atoms with E-state index in [1.165, 1.54) is 12.1 Å². The highest BCUT2D eigenvalue weighted by Gasteiger charge is 2.31. The topological polar surface area (TPSA) is 35.5 Å². The molecule has 0 aliphatic heterocycles. The SMILES string of the molecule is COC(=O)c1cc(COc2ccc(C(F)(F)F)cc2Cl)ccc1F. The molecule has 0 spiro atoms. The summed E-state index contributed by atoms with van der Waals surface area (Å²) in [5, 5.41) is -0.208. The van der Waals surface area contributed by atoms with Crippen molar-refractivity contribution in [3.63, 3.8) is 0 Å². The lowest BCUT2D eigenvalue weighted by atomic mass is 10.1. The van der Waals surface area contributed by atoms with Gasteiger partial charge < -0.3 is 9.47 Å². The van der Waals surface area contributed by atoms with Crippen molar-refractivity contribution < 1.29 is 31.8 Å². The molecule has 0 unspecified atom stereocenters. The molecule has 0 aliphatic carbocycles. The van der Waals surface area contributed by atoms with Crippen LogP contribution in [0.2, 0.25) is 5.02 Å². The summed E-state index contributed by atoms with van der Waals surface area (Å²) in [5.74, 6) is -1.56. The van der Waals surface area contributed by atoms with Crippen LogP contribution in [0.3, 0.4) is 0 Å². The Morgan fingerprint density at radius 3 is 2.46 bits per heavy atom. The number of rotatable bonds is 4. The second-order valence-corrected chi connectivity index (χ2v) is 5.14. The van der Waals surface area contributed by atoms with Gasteiger partial charge in [0.2, 0.25) is 0 Å². The summed E-state index contributed by atoms with van der Waals surface area (Å²) >= 11 is 5.77. The summed E-state index contributed by atoms with van der Waals surface area (Å²) in [7, 11) is 1.12. The third-order valence-corrected chi connectivity index (χ3v) is 3.38. The molecule has 128 valence electrons. The van der Waals surface area contributed by atoms with E-state index in [1.807, 2.05) is 0 Å². The number of halogens is 5. The number of esters is 1. The van der Waals surface area contributed by atoms with Gasteiger partial charge in [-0.2, -0.15) is 13.2 Å². The number of benzene rings is 2. The van der Waals surface area contributed by atoms with Gasteiger partial charge in [0.05, 0.1) is 23.3 Å². The maximum Gasteiger partial charge on any atom is 0.416 e. The maximum atomic E-state index is 13.5. The minimum Gasteiger partial charge on any atom is -0.487 e. The molecule has 0 radical (unpaired) electrons. The fourth-order valence-corrected chi connectivity index (χ4v) is 2.12. The Kier molecular flexibility index (Phi) is 5.33. The van der Waals surface area contributed by atoms with Crippen LogP contribution < -0.4 is 4.74 Å². The summed E-state index contributed by atoms with van der Waals surface area (Å²) in [5.41, 5.74) is -0.737. The predicted octanol–water partition coefficient (Wildman–Crippen LogP) is 4.86. The lowest BCUT2D eigenvalue weighted by molar-refractivity contribution is -0.137. The number of alkyl halides is 3. The van der Waals surface area contributed by atoms with Crippen LogP contribution >= 0.6 is 11.6 Å². The molecule has 3 nitrogen and oxygen atoms in total. The van der Waals surface area contributed by atoms with E-state index in [1.54, 1.807) is 0 Å². The molecule has 24 heavy (non-hydrogen) atoms. The lowest BCUT2D eigenvalue weighted by Gasteiger charge is -2.12. The quantitative estimate of drug-likeness (QED) is 0.575. The first kappa shape index (κ1) is 18.1. The highest BCUT2D eigenvalue weighted by molar-refractivity contribution is 6.32. The van der Waals surface area contributed by atoms with Crippen LogP contribution in [-0.4, -0.2) is 13.1 Å². The van der Waals surface area contributed by atoms with Crippen molar-refractivity contribution in [3.8, 4) is 5.75 Å². The van der Waals surface area contributed by atoms with Crippen LogP contribution in [-0.2, 0) is 17.5 Å². The van der Waals surface area contributed by atoms with Gasteiger partial charge in [0, 0.05) is 0 Å². The van der Waals surface area contributed by atoms with Crippen molar-refractivity contribution >= 4 is 17.6 Å². The Balaban J connectivity index is 2.15. The first-order valence-electron chi connectivity index (χ1n) is 6.58. The number of methoxy groups -OCH3 is 1. The molecule has 2 aromatic carbocycles. The number of carbonyl (C=O) groups is 1. The molecular weight excluding hydrogens is 352 g/mol. The molecule has 2 rings (SSSR count). The Labute approximate surface area is 139 Å². The minimum absolute atomic E-state index is 0.0357. The van der Waals surface area contributed by atoms with Crippen LogP contribution in [0.5, 0.6) is 5.75 Å². The van der Waals surface area contributed by atoms with Crippen molar-refractivity contribution in [2.75, 3.05) is 7.11 Å². The standard InChI is InChI=1S/C16H11ClF4O3/c1-23-15(22)11-6-9(2-4-13(11)18)8-24-14-5-3-10(7-12(14)17)16(19,20)21/h2-7H,8H2,1H3. The third-order valence-electron chi connectivity index (χ3n) is 3.09. The van der Waals surface area contributed by atoms with Crippen LogP contribution in [0.4, 0.5) is 17.6 Å². The number of ether oxygens (including phenoxy) is 2. The normalized spacial score (nSPS) is 11.2. The van der Waals surface area contributed by atoms with E-state index >= 15 is 0 Å². The van der Waals surface area contributed by atoms with Crippen molar-refractivity contribution in [1.82, 2.24) is 0 Å². The fraction of sp³-hybridized carbons (Fsp3) is 0.188. The number of carbonyl (C=O) groups excluding carboxylic acids is 1. The average Bonchev–Trinajstić information content (AvgIpc) is 2.53. The maximum absolute atomic E-state index is 13.5. The van der Waals surface area contributed by atoms with Crippen molar-refractivity contribution in [1.29, 1.82) is 0 Å². The predicted molar refractivity (Wildman–Crippen MR) is 78.5 cm³/mol. The Hall–Kier alpha value is -2.28. The van der Waals surface area contributed by atoms with Gasteiger partial charge in [-0.3, -0.25) is 0 Å². The van der Waals surface area contributed by atoms with E-state index in [-0.39, 0.29) is 22.9 Å². The molecule has 0 N–H and O–H groups in total. The monoisotopic (exact) mass is 362 g/mol. The Morgan fingerprint density at radius 1 is 1.17 bits per heavy atom. The molecule has 0 atom stereocenters. The molecule has 0 bridgehead atoms. The Bertz CT molecular complexity index is 759. The number of hydrogen-bond donors (Lipinski definition) is 0. The van der Waals surface area contributed by atoms with Gasteiger partial charge >= 0.3 is 12.1 Å². The highest BCUT2D eigenvalue weighted by atomic mass is 35.5. The van der Waals surface area contributed by atoms with Crippen LogP contribution in [0.25, 0.3) is 0 Å². The van der Waals surface area contributed by atoms with Gasteiger partial charge in [0.1, 0.15) is 18.2 Å². The molecule has 0 fully saturated rings. The van der Waals surface area contributed by atoms with Gasteiger partial charge in [-0.05, 0) is 35.9 Å². The third kappa shape index (κ3) is 4.17. The van der Waals surface area contributed by atoms with Gasteiger partial charge in [-0.25, -0.2) is 9.18 Å². The molecule has 0 heterocycles. The van der Waals surface area contributed by atoms with Gasteiger partial charge in [0.25, 0.3) is 0 Å². The summed E-state index contributed by atoms with van der Waals surface area (Å²) in [6, 6.07) is 6.36. The van der Waals surface area contributed by atoms with Gasteiger partial charge in [-0.15, -0.1) is 0 Å². The summed E-state index contributed by atoms with van der Waals surface area (Å²) < 4.78 is 61.0. The Morgan fingerprint density at radius 2 is 1.88 bits per heavy atom. The first-order chi connectivity index (χ1) is 11.2. The second kappa shape index (κ2) is 7.09. The molecule has 0 saturated heterocycles. The van der Waals surface area contributed by atoms with Crippen molar-refractivity contribution in [2.45, 2.75) is 12.8 Å². The summed E-state index contributed by atoms with van der Waals surface area (Å²) in [6.45, 7) is -0.116. The molecule has 0 saturated carbocycles. The van der Waals surface area contributed by atoms with E-state index in [0.29, 0.717) is 5.56 Å². The van der Waals surface area contributed by atoms with Crippen molar-refractivity contribution in [2.24, 2.45) is 0 Å². The van der Waals surface area contributed by atoms with Crippen molar-refractivity contribution in [3.05, 3.63) is 63.9 Å². The largest absolute Gasteiger partial charge is 0.487 e. The van der Waals surface area contributed by atoms with E-state index in [0.717, 1.165) is 31.4 Å². The fourth-order valence-electron chi connectivity index (χ4n) is 1.88. The van der Waals surface area contributed by atoms with E-state index in [4.69, 9.17) is 16.3 Å². The summed E-state index contributed by atoms with van der Waals surface area (Å²) in [6.07, 6.45) is -4.51. The molecular formula is C16H11ClF4O3. The number of hydrogen-bond acceptors (Lipinski definition) is 3. The van der Waals surface area contributed by atoms with E-state index < -0.39 is 23.5 Å². The summed E-state index contributed by atoms with van der Waals surface area (Å²) in [4.78, 5) is 11.4. The van der Waals surface area contributed by atoms with Crippen LogP contribution in [0.1, 0.15) is 21.5 Å². The van der Waals surface area contributed by atoms with Crippen LogP contribution in [0.15, 0.2) is 36.4 Å². The highest BCUT2D eigenvalue weighted by Crippen LogP contribution is 2.34. The zero-order valence-corrected chi connectivity index (χ0v) is 13.0. The molecule has 0 aromatic heterocycles. The van der Waals surface area contributed by atoms with E-state index in [2.05, 4.69) is 4.74 Å². The molecule has 2 aromatic rings. The molecule has 8 heteroatoms. The molecule has 0 amide bonds. The zero-order chi connectivity index (χ0) is 17.9. The van der Waals surface area contributed by atoms with Crippen LogP contribution in [0, 0.1) is 5.82 Å².